The molecule has 0 saturated heterocycles. The molecule has 5 nitrogen and oxygen atoms in total. The SMILES string of the molecule is CCc1cc(O)ccc1CN=C(PC)N(C)c1cc(ONC)c(C)cc1C. The van der Waals surface area contributed by atoms with Crippen LogP contribution in [-0.2, 0) is 13.0 Å². The minimum absolute atomic E-state index is 0.307. The largest absolute Gasteiger partial charge is 0.508 e. The minimum atomic E-state index is 0.307. The molecule has 0 amide bonds. The monoisotopic (exact) mass is 387 g/mol. The summed E-state index contributed by atoms with van der Waals surface area (Å²) in [6, 6.07) is 9.70. The van der Waals surface area contributed by atoms with Gasteiger partial charge in [-0.15, -0.1) is 0 Å². The highest BCUT2D eigenvalue weighted by atomic mass is 31.1. The maximum Gasteiger partial charge on any atom is 0.152 e. The Hall–Kier alpha value is -2.10. The fourth-order valence-electron chi connectivity index (χ4n) is 3.13. The lowest BCUT2D eigenvalue weighted by Crippen LogP contribution is -2.24. The molecule has 0 aromatic heterocycles. The van der Waals surface area contributed by atoms with Crippen molar-refractivity contribution in [2.24, 2.45) is 4.99 Å². The molecule has 0 spiro atoms. The van der Waals surface area contributed by atoms with Gasteiger partial charge in [-0.05, 0) is 61.3 Å². The molecule has 27 heavy (non-hydrogen) atoms. The minimum Gasteiger partial charge on any atom is -0.508 e. The standard InChI is InChI=1S/C21H30N3O2P/c1-7-16-11-18(25)9-8-17(16)13-23-21(27-6)24(5)19-12-20(26-22-4)15(3)10-14(19)2/h8-12,22,25,27H,7,13H2,1-6H3. The molecule has 6 heteroatoms. The number of hydrogen-bond donors (Lipinski definition) is 2. The van der Waals surface area contributed by atoms with Gasteiger partial charge in [-0.25, -0.2) is 0 Å². The number of amidine groups is 1. The topological polar surface area (TPSA) is 57.1 Å². The Morgan fingerprint density at radius 1 is 1.19 bits per heavy atom. The molecule has 0 aliphatic rings. The Balaban J connectivity index is 2.31. The van der Waals surface area contributed by atoms with Crippen LogP contribution >= 0.6 is 8.58 Å². The number of nitrogens with zero attached hydrogens (tertiary/aromatic N) is 2. The van der Waals surface area contributed by atoms with Gasteiger partial charge in [0.1, 0.15) is 11.3 Å². The average Bonchev–Trinajstić information content (AvgIpc) is 2.65. The molecule has 0 aliphatic carbocycles. The second kappa shape index (κ2) is 9.72. The Labute approximate surface area is 164 Å². The third-order valence-electron chi connectivity index (χ3n) is 4.58. The molecule has 146 valence electrons. The van der Waals surface area contributed by atoms with E-state index in [0.717, 1.165) is 40.1 Å². The summed E-state index contributed by atoms with van der Waals surface area (Å²) in [6.07, 6.45) is 0.876. The van der Waals surface area contributed by atoms with Gasteiger partial charge in [0.05, 0.1) is 6.54 Å². The number of rotatable bonds is 7. The number of aryl methyl sites for hydroxylation is 3. The highest BCUT2D eigenvalue weighted by molar-refractivity contribution is 7.58. The van der Waals surface area contributed by atoms with Crippen LogP contribution in [0.3, 0.4) is 0 Å². The molecular formula is C21H30N3O2P. The molecule has 0 fully saturated rings. The number of hydrogen-bond acceptors (Lipinski definition) is 4. The zero-order valence-corrected chi connectivity index (χ0v) is 18.1. The predicted molar refractivity (Wildman–Crippen MR) is 117 cm³/mol. The van der Waals surface area contributed by atoms with Crippen molar-refractivity contribution in [1.82, 2.24) is 5.48 Å². The van der Waals surface area contributed by atoms with Gasteiger partial charge in [-0.2, -0.15) is 5.48 Å². The van der Waals surface area contributed by atoms with Crippen LogP contribution in [0.1, 0.15) is 29.2 Å². The number of phenolic OH excluding ortho intramolecular Hbond substituents is 1. The van der Waals surface area contributed by atoms with Crippen LogP contribution < -0.4 is 15.2 Å². The van der Waals surface area contributed by atoms with E-state index < -0.39 is 0 Å². The summed E-state index contributed by atoms with van der Waals surface area (Å²) in [5.74, 6) is 1.12. The number of aliphatic imine (C=N–C) groups is 1. The number of hydroxylamine groups is 1. The zero-order valence-electron chi connectivity index (χ0n) is 17.1. The number of aromatic hydroxyl groups is 1. The van der Waals surface area contributed by atoms with Gasteiger partial charge in [-0.1, -0.05) is 27.6 Å². The lowest BCUT2D eigenvalue weighted by Gasteiger charge is -2.24. The molecule has 0 bridgehead atoms. The van der Waals surface area contributed by atoms with E-state index >= 15 is 0 Å². The van der Waals surface area contributed by atoms with Crippen molar-refractivity contribution in [3.63, 3.8) is 0 Å². The van der Waals surface area contributed by atoms with Crippen molar-refractivity contribution in [1.29, 1.82) is 0 Å². The third-order valence-corrected chi connectivity index (χ3v) is 5.52. The summed E-state index contributed by atoms with van der Waals surface area (Å²) in [4.78, 5) is 12.6. The first-order valence-electron chi connectivity index (χ1n) is 9.12. The molecule has 2 aromatic rings. The Morgan fingerprint density at radius 2 is 1.93 bits per heavy atom. The summed E-state index contributed by atoms with van der Waals surface area (Å²) in [5.41, 5.74) is 9.43. The van der Waals surface area contributed by atoms with E-state index in [1.807, 2.05) is 26.1 Å². The molecule has 2 aromatic carbocycles. The lowest BCUT2D eigenvalue weighted by atomic mass is 10.1. The van der Waals surface area contributed by atoms with E-state index in [0.29, 0.717) is 20.9 Å². The summed E-state index contributed by atoms with van der Waals surface area (Å²) in [6.45, 7) is 8.98. The smallest absolute Gasteiger partial charge is 0.152 e. The van der Waals surface area contributed by atoms with Crippen molar-refractivity contribution in [3.05, 3.63) is 52.6 Å². The van der Waals surface area contributed by atoms with Gasteiger partial charge in [0.2, 0.25) is 0 Å². The predicted octanol–water partition coefficient (Wildman–Crippen LogP) is 4.39. The summed E-state index contributed by atoms with van der Waals surface area (Å²) >= 11 is 0. The van der Waals surface area contributed by atoms with Gasteiger partial charge in [0, 0.05) is 25.8 Å². The Bertz CT molecular complexity index is 821. The maximum absolute atomic E-state index is 9.69. The van der Waals surface area contributed by atoms with Crippen molar-refractivity contribution < 1.29 is 9.94 Å². The van der Waals surface area contributed by atoms with E-state index in [2.05, 4.69) is 43.0 Å². The second-order valence-corrected chi connectivity index (χ2v) is 7.41. The van der Waals surface area contributed by atoms with Crippen LogP contribution in [0.5, 0.6) is 11.5 Å². The quantitative estimate of drug-likeness (QED) is 0.320. The normalized spacial score (nSPS) is 12.0. The molecule has 2 rings (SSSR count). The number of nitrogens with one attached hydrogen (secondary N) is 1. The van der Waals surface area contributed by atoms with Gasteiger partial charge in [0.15, 0.2) is 5.75 Å². The Morgan fingerprint density at radius 3 is 2.56 bits per heavy atom. The highest BCUT2D eigenvalue weighted by Gasteiger charge is 2.14. The zero-order chi connectivity index (χ0) is 20.0. The summed E-state index contributed by atoms with van der Waals surface area (Å²) in [5, 5.41) is 9.69. The average molecular weight is 387 g/mol. The number of benzene rings is 2. The number of phenols is 1. The first kappa shape index (κ1) is 21.2. The van der Waals surface area contributed by atoms with Gasteiger partial charge in [-0.3, -0.25) is 4.99 Å². The molecular weight excluding hydrogens is 357 g/mol. The van der Waals surface area contributed by atoms with Crippen molar-refractivity contribution in [2.75, 3.05) is 25.7 Å². The first-order valence-corrected chi connectivity index (χ1v) is 10.6. The van der Waals surface area contributed by atoms with E-state index in [4.69, 9.17) is 9.83 Å². The van der Waals surface area contributed by atoms with E-state index in [-0.39, 0.29) is 0 Å². The maximum atomic E-state index is 9.69. The van der Waals surface area contributed by atoms with Crippen molar-refractivity contribution in [3.8, 4) is 11.5 Å². The molecule has 0 heterocycles. The summed E-state index contributed by atoms with van der Waals surface area (Å²) < 4.78 is 0. The highest BCUT2D eigenvalue weighted by Crippen LogP contribution is 2.31. The second-order valence-electron chi connectivity index (χ2n) is 6.47. The van der Waals surface area contributed by atoms with Gasteiger partial charge >= 0.3 is 0 Å². The van der Waals surface area contributed by atoms with E-state index in [1.54, 1.807) is 13.1 Å². The molecule has 0 radical (unpaired) electrons. The van der Waals surface area contributed by atoms with Crippen LogP contribution in [0.25, 0.3) is 0 Å². The van der Waals surface area contributed by atoms with Crippen LogP contribution in [0.4, 0.5) is 5.69 Å². The van der Waals surface area contributed by atoms with Crippen LogP contribution in [0.15, 0.2) is 35.3 Å². The molecule has 1 atom stereocenters. The van der Waals surface area contributed by atoms with Crippen molar-refractivity contribution in [2.45, 2.75) is 33.7 Å². The number of anilines is 1. The Kier molecular flexibility index (Phi) is 7.64. The van der Waals surface area contributed by atoms with Crippen LogP contribution in [-0.4, -0.2) is 31.4 Å². The molecule has 0 saturated carbocycles. The van der Waals surface area contributed by atoms with E-state index in [1.165, 1.54) is 5.56 Å². The fraction of sp³-hybridized carbons (Fsp3) is 0.381. The van der Waals surface area contributed by atoms with Crippen LogP contribution in [0.2, 0.25) is 0 Å². The molecule has 0 aliphatic heterocycles. The third kappa shape index (κ3) is 5.21. The van der Waals surface area contributed by atoms with E-state index in [9.17, 15) is 5.11 Å². The first-order chi connectivity index (χ1) is 12.9. The molecule has 1 unspecified atom stereocenters. The van der Waals surface area contributed by atoms with Crippen molar-refractivity contribution >= 4 is 19.8 Å². The molecule has 2 N–H and O–H groups in total. The lowest BCUT2D eigenvalue weighted by molar-refractivity contribution is 0.222. The fourth-order valence-corrected chi connectivity index (χ4v) is 3.82. The summed E-state index contributed by atoms with van der Waals surface area (Å²) in [7, 11) is 4.37. The van der Waals surface area contributed by atoms with Gasteiger partial charge in [0.25, 0.3) is 0 Å². The van der Waals surface area contributed by atoms with Gasteiger partial charge < -0.3 is 14.8 Å². The van der Waals surface area contributed by atoms with Crippen LogP contribution in [0, 0.1) is 13.8 Å².